The summed E-state index contributed by atoms with van der Waals surface area (Å²) in [5, 5.41) is 1.04. The summed E-state index contributed by atoms with van der Waals surface area (Å²) < 4.78 is 7.66. The zero-order chi connectivity index (χ0) is 17.6. The Morgan fingerprint density at radius 3 is 2.56 bits per heavy atom. The van der Waals surface area contributed by atoms with Crippen LogP contribution in [-0.2, 0) is 7.05 Å². The summed E-state index contributed by atoms with van der Waals surface area (Å²) >= 11 is 0. The molecule has 0 spiro atoms. The molecule has 0 bridgehead atoms. The second-order valence-electron chi connectivity index (χ2n) is 6.79. The third kappa shape index (κ3) is 2.58. The van der Waals surface area contributed by atoms with Gasteiger partial charge in [0.1, 0.15) is 12.4 Å². The van der Waals surface area contributed by atoms with Gasteiger partial charge in [0.15, 0.2) is 0 Å². The number of fused-ring (bicyclic) bond motifs is 2. The molecule has 4 heteroatoms. The number of benzene rings is 2. The van der Waals surface area contributed by atoms with E-state index in [2.05, 4.69) is 30.9 Å². The number of aryl methyl sites for hydroxylation is 1. The van der Waals surface area contributed by atoms with E-state index in [1.165, 1.54) is 0 Å². The molecule has 0 aliphatic carbocycles. The standard InChI is InChI=1S/C21H22N2O2/c1-14(2)23-9-10-25-20-11-17-16(15-7-5-4-6-8-15)12-21(24)22(3)18(17)13-19(20)23/h4-8,11-14H,9-10H2,1-3H3. The van der Waals surface area contributed by atoms with Crippen LogP contribution in [0.3, 0.4) is 0 Å². The summed E-state index contributed by atoms with van der Waals surface area (Å²) in [7, 11) is 1.83. The SMILES string of the molecule is CC(C)N1CCOc2cc3c(-c4ccccc4)cc(=O)n(C)c3cc21. The van der Waals surface area contributed by atoms with Crippen LogP contribution in [0.1, 0.15) is 13.8 Å². The smallest absolute Gasteiger partial charge is 0.251 e. The zero-order valence-corrected chi connectivity index (χ0v) is 14.8. The lowest BCUT2D eigenvalue weighted by molar-refractivity contribution is 0.303. The van der Waals surface area contributed by atoms with Crippen LogP contribution < -0.4 is 15.2 Å². The van der Waals surface area contributed by atoms with E-state index in [0.717, 1.165) is 40.0 Å². The van der Waals surface area contributed by atoms with Crippen molar-refractivity contribution in [3.8, 4) is 16.9 Å². The molecule has 2 aromatic carbocycles. The largest absolute Gasteiger partial charge is 0.490 e. The molecule has 1 aliphatic rings. The Morgan fingerprint density at radius 2 is 1.84 bits per heavy atom. The number of nitrogens with zero attached hydrogens (tertiary/aromatic N) is 2. The van der Waals surface area contributed by atoms with Gasteiger partial charge in [-0.3, -0.25) is 4.79 Å². The molecule has 4 rings (SSSR count). The van der Waals surface area contributed by atoms with Crippen molar-refractivity contribution in [2.75, 3.05) is 18.1 Å². The third-order valence-electron chi connectivity index (χ3n) is 4.93. The van der Waals surface area contributed by atoms with Gasteiger partial charge in [-0.05, 0) is 37.1 Å². The molecule has 0 radical (unpaired) electrons. The molecular formula is C21H22N2O2. The fourth-order valence-corrected chi connectivity index (χ4v) is 3.57. The first-order valence-electron chi connectivity index (χ1n) is 8.69. The van der Waals surface area contributed by atoms with Gasteiger partial charge in [-0.2, -0.15) is 0 Å². The highest BCUT2D eigenvalue weighted by molar-refractivity contribution is 5.98. The summed E-state index contributed by atoms with van der Waals surface area (Å²) in [6, 6.07) is 16.3. The van der Waals surface area contributed by atoms with Crippen molar-refractivity contribution < 1.29 is 4.74 Å². The Kier molecular flexibility index (Phi) is 3.75. The van der Waals surface area contributed by atoms with Crippen molar-refractivity contribution in [2.24, 2.45) is 7.05 Å². The second kappa shape index (κ2) is 5.96. The molecule has 0 saturated carbocycles. The summed E-state index contributed by atoms with van der Waals surface area (Å²) in [5.41, 5.74) is 3.99. The predicted octanol–water partition coefficient (Wildman–Crippen LogP) is 3.81. The molecule has 25 heavy (non-hydrogen) atoms. The van der Waals surface area contributed by atoms with E-state index in [4.69, 9.17) is 4.74 Å². The fraction of sp³-hybridized carbons (Fsp3) is 0.286. The van der Waals surface area contributed by atoms with E-state index in [9.17, 15) is 4.79 Å². The maximum Gasteiger partial charge on any atom is 0.251 e. The van der Waals surface area contributed by atoms with Crippen molar-refractivity contribution in [2.45, 2.75) is 19.9 Å². The average Bonchev–Trinajstić information content (AvgIpc) is 2.63. The summed E-state index contributed by atoms with van der Waals surface area (Å²) in [6.07, 6.45) is 0. The van der Waals surface area contributed by atoms with Crippen molar-refractivity contribution in [1.82, 2.24) is 4.57 Å². The van der Waals surface area contributed by atoms with Gasteiger partial charge in [0.25, 0.3) is 5.56 Å². The fourth-order valence-electron chi connectivity index (χ4n) is 3.57. The van der Waals surface area contributed by atoms with Gasteiger partial charge in [0.2, 0.25) is 0 Å². The number of hydrogen-bond acceptors (Lipinski definition) is 3. The summed E-state index contributed by atoms with van der Waals surface area (Å²) in [6.45, 7) is 5.91. The number of rotatable bonds is 2. The minimum absolute atomic E-state index is 0.000808. The zero-order valence-electron chi connectivity index (χ0n) is 14.8. The van der Waals surface area contributed by atoms with E-state index >= 15 is 0 Å². The van der Waals surface area contributed by atoms with Crippen LogP contribution in [0.25, 0.3) is 22.0 Å². The lowest BCUT2D eigenvalue weighted by Gasteiger charge is -2.35. The van der Waals surface area contributed by atoms with Gasteiger partial charge >= 0.3 is 0 Å². The lowest BCUT2D eigenvalue weighted by Crippen LogP contribution is -2.38. The molecule has 0 unspecified atom stereocenters. The first kappa shape index (κ1) is 15.8. The normalized spacial score (nSPS) is 13.8. The molecule has 0 fully saturated rings. The average molecular weight is 334 g/mol. The first-order valence-corrected chi connectivity index (χ1v) is 8.69. The molecule has 1 aliphatic heterocycles. The number of aromatic nitrogens is 1. The lowest BCUT2D eigenvalue weighted by atomic mass is 9.99. The second-order valence-corrected chi connectivity index (χ2v) is 6.79. The maximum absolute atomic E-state index is 12.5. The number of ether oxygens (including phenoxy) is 1. The number of anilines is 1. The Hall–Kier alpha value is -2.75. The highest BCUT2D eigenvalue weighted by Crippen LogP contribution is 2.39. The molecule has 0 N–H and O–H groups in total. The molecule has 3 aromatic rings. The van der Waals surface area contributed by atoms with E-state index in [1.807, 2.05) is 37.4 Å². The van der Waals surface area contributed by atoms with Crippen LogP contribution in [0.4, 0.5) is 5.69 Å². The number of pyridine rings is 1. The van der Waals surface area contributed by atoms with E-state index in [1.54, 1.807) is 10.6 Å². The Balaban J connectivity index is 2.04. The van der Waals surface area contributed by atoms with Crippen LogP contribution >= 0.6 is 0 Å². The van der Waals surface area contributed by atoms with E-state index in [0.29, 0.717) is 12.6 Å². The Labute approximate surface area is 147 Å². The summed E-state index contributed by atoms with van der Waals surface area (Å²) in [4.78, 5) is 14.9. The van der Waals surface area contributed by atoms with Crippen molar-refractivity contribution >= 4 is 16.6 Å². The minimum atomic E-state index is -0.000808. The van der Waals surface area contributed by atoms with Crippen LogP contribution in [0.5, 0.6) is 5.75 Å². The summed E-state index contributed by atoms with van der Waals surface area (Å²) in [5.74, 6) is 0.892. The van der Waals surface area contributed by atoms with Crippen molar-refractivity contribution in [1.29, 1.82) is 0 Å². The Bertz CT molecular complexity index is 990. The Morgan fingerprint density at radius 1 is 1.08 bits per heavy atom. The third-order valence-corrected chi connectivity index (χ3v) is 4.93. The van der Waals surface area contributed by atoms with Crippen molar-refractivity contribution in [3.05, 3.63) is 58.9 Å². The molecule has 1 aromatic heterocycles. The van der Waals surface area contributed by atoms with Gasteiger partial charge in [-0.15, -0.1) is 0 Å². The highest BCUT2D eigenvalue weighted by Gasteiger charge is 2.22. The molecule has 128 valence electrons. The predicted molar refractivity (Wildman–Crippen MR) is 103 cm³/mol. The molecule has 0 saturated heterocycles. The molecular weight excluding hydrogens is 312 g/mol. The van der Waals surface area contributed by atoms with Crippen LogP contribution in [0.15, 0.2) is 53.3 Å². The first-order chi connectivity index (χ1) is 12.1. The minimum Gasteiger partial charge on any atom is -0.490 e. The van der Waals surface area contributed by atoms with Gasteiger partial charge in [0, 0.05) is 24.5 Å². The molecule has 4 nitrogen and oxygen atoms in total. The van der Waals surface area contributed by atoms with Gasteiger partial charge in [-0.1, -0.05) is 30.3 Å². The van der Waals surface area contributed by atoms with Crippen LogP contribution in [0.2, 0.25) is 0 Å². The highest BCUT2D eigenvalue weighted by atomic mass is 16.5. The number of hydrogen-bond donors (Lipinski definition) is 0. The van der Waals surface area contributed by atoms with E-state index in [-0.39, 0.29) is 5.56 Å². The maximum atomic E-state index is 12.5. The van der Waals surface area contributed by atoms with Crippen LogP contribution in [-0.4, -0.2) is 23.8 Å². The van der Waals surface area contributed by atoms with E-state index < -0.39 is 0 Å². The van der Waals surface area contributed by atoms with Gasteiger partial charge in [-0.25, -0.2) is 0 Å². The van der Waals surface area contributed by atoms with Gasteiger partial charge < -0.3 is 14.2 Å². The quantitative estimate of drug-likeness (QED) is 0.715. The monoisotopic (exact) mass is 334 g/mol. The molecule has 0 amide bonds. The molecule has 2 heterocycles. The molecule has 0 atom stereocenters. The van der Waals surface area contributed by atoms with Crippen molar-refractivity contribution in [3.63, 3.8) is 0 Å². The van der Waals surface area contributed by atoms with Gasteiger partial charge in [0.05, 0.1) is 17.7 Å². The van der Waals surface area contributed by atoms with Crippen LogP contribution in [0, 0.1) is 0 Å². The topological polar surface area (TPSA) is 34.5 Å².